The summed E-state index contributed by atoms with van der Waals surface area (Å²) in [5, 5.41) is 0. The second-order valence-corrected chi connectivity index (χ2v) is 5.07. The van der Waals surface area contributed by atoms with Gasteiger partial charge in [0.1, 0.15) is 12.4 Å². The first-order valence-electron chi connectivity index (χ1n) is 7.00. The number of morpholine rings is 1. The average Bonchev–Trinajstić information content (AvgIpc) is 2.48. The van der Waals surface area contributed by atoms with Gasteiger partial charge in [0.15, 0.2) is 5.82 Å². The SMILES string of the molecule is COCc1nc(C)cc(N(C)CC(=O)N2CCOCC2)n1. The maximum absolute atomic E-state index is 12.2. The number of carbonyl (C=O) groups is 1. The van der Waals surface area contributed by atoms with Crippen LogP contribution in [0, 0.1) is 6.92 Å². The molecule has 0 saturated carbocycles. The van der Waals surface area contributed by atoms with E-state index < -0.39 is 0 Å². The van der Waals surface area contributed by atoms with Crippen molar-refractivity contribution in [1.82, 2.24) is 14.9 Å². The summed E-state index contributed by atoms with van der Waals surface area (Å²) in [5.74, 6) is 1.44. The van der Waals surface area contributed by atoms with E-state index in [2.05, 4.69) is 9.97 Å². The van der Waals surface area contributed by atoms with E-state index in [1.54, 1.807) is 7.11 Å². The number of nitrogens with zero attached hydrogens (tertiary/aromatic N) is 4. The molecule has 2 heterocycles. The molecule has 0 unspecified atom stereocenters. The van der Waals surface area contributed by atoms with E-state index in [-0.39, 0.29) is 5.91 Å². The van der Waals surface area contributed by atoms with Crippen LogP contribution in [-0.2, 0) is 20.9 Å². The number of aryl methyl sites for hydroxylation is 1. The monoisotopic (exact) mass is 294 g/mol. The van der Waals surface area contributed by atoms with Crippen LogP contribution in [0.25, 0.3) is 0 Å². The van der Waals surface area contributed by atoms with E-state index in [0.717, 1.165) is 11.5 Å². The fourth-order valence-electron chi connectivity index (χ4n) is 2.20. The van der Waals surface area contributed by atoms with E-state index in [4.69, 9.17) is 9.47 Å². The molecular weight excluding hydrogens is 272 g/mol. The molecule has 0 aliphatic carbocycles. The maximum Gasteiger partial charge on any atom is 0.242 e. The summed E-state index contributed by atoms with van der Waals surface area (Å²) in [4.78, 5) is 24.6. The summed E-state index contributed by atoms with van der Waals surface area (Å²) < 4.78 is 10.3. The van der Waals surface area contributed by atoms with Crippen molar-refractivity contribution in [3.63, 3.8) is 0 Å². The van der Waals surface area contributed by atoms with Crippen molar-refractivity contribution >= 4 is 11.7 Å². The molecule has 0 bridgehead atoms. The van der Waals surface area contributed by atoms with Crippen LogP contribution in [0.4, 0.5) is 5.82 Å². The smallest absolute Gasteiger partial charge is 0.242 e. The van der Waals surface area contributed by atoms with Crippen LogP contribution < -0.4 is 4.90 Å². The predicted molar refractivity (Wildman–Crippen MR) is 78.2 cm³/mol. The molecule has 1 amide bonds. The topological polar surface area (TPSA) is 67.8 Å². The number of rotatable bonds is 5. The second-order valence-electron chi connectivity index (χ2n) is 5.07. The summed E-state index contributed by atoms with van der Waals surface area (Å²) in [6.07, 6.45) is 0. The molecule has 7 nitrogen and oxygen atoms in total. The Bertz CT molecular complexity index is 489. The number of hydrogen-bond acceptors (Lipinski definition) is 6. The maximum atomic E-state index is 12.2. The van der Waals surface area contributed by atoms with Gasteiger partial charge in [-0.05, 0) is 6.92 Å². The summed E-state index contributed by atoms with van der Waals surface area (Å²) in [5.41, 5.74) is 0.859. The molecule has 1 fully saturated rings. The van der Waals surface area contributed by atoms with Crippen LogP contribution in [0.1, 0.15) is 11.5 Å². The van der Waals surface area contributed by atoms with Gasteiger partial charge in [0.2, 0.25) is 5.91 Å². The van der Waals surface area contributed by atoms with E-state index in [1.807, 2.05) is 29.8 Å². The normalized spacial score (nSPS) is 15.1. The molecule has 0 aromatic carbocycles. The van der Waals surface area contributed by atoms with Crippen LogP contribution in [0.15, 0.2) is 6.07 Å². The number of likely N-dealkylation sites (N-methyl/N-ethyl adjacent to an activating group) is 1. The first kappa shape index (κ1) is 15.7. The highest BCUT2D eigenvalue weighted by Gasteiger charge is 2.19. The zero-order chi connectivity index (χ0) is 15.2. The van der Waals surface area contributed by atoms with Crippen LogP contribution in [0.2, 0.25) is 0 Å². The molecule has 0 spiro atoms. The molecule has 1 aliphatic rings. The Hall–Kier alpha value is -1.73. The van der Waals surface area contributed by atoms with Crippen LogP contribution >= 0.6 is 0 Å². The van der Waals surface area contributed by atoms with Gasteiger partial charge < -0.3 is 19.3 Å². The minimum absolute atomic E-state index is 0.0883. The highest BCUT2D eigenvalue weighted by molar-refractivity contribution is 5.81. The summed E-state index contributed by atoms with van der Waals surface area (Å²) in [6, 6.07) is 1.87. The number of hydrogen-bond donors (Lipinski definition) is 0. The summed E-state index contributed by atoms with van der Waals surface area (Å²) in [6.45, 7) is 5.10. The van der Waals surface area contributed by atoms with Gasteiger partial charge >= 0.3 is 0 Å². The third-order valence-electron chi connectivity index (χ3n) is 3.29. The molecular formula is C14H22N4O3. The van der Waals surface area contributed by atoms with E-state index >= 15 is 0 Å². The van der Waals surface area contributed by atoms with Crippen LogP contribution in [0.5, 0.6) is 0 Å². The third-order valence-corrected chi connectivity index (χ3v) is 3.29. The largest absolute Gasteiger partial charge is 0.378 e. The molecule has 21 heavy (non-hydrogen) atoms. The van der Waals surface area contributed by atoms with Gasteiger partial charge in [-0.2, -0.15) is 0 Å². The zero-order valence-electron chi connectivity index (χ0n) is 12.8. The number of amides is 1. The summed E-state index contributed by atoms with van der Waals surface area (Å²) >= 11 is 0. The van der Waals surface area contributed by atoms with Gasteiger partial charge in [-0.15, -0.1) is 0 Å². The molecule has 2 rings (SSSR count). The van der Waals surface area contributed by atoms with Gasteiger partial charge in [0, 0.05) is 39.0 Å². The molecule has 0 atom stereocenters. The lowest BCUT2D eigenvalue weighted by Gasteiger charge is -2.29. The predicted octanol–water partition coefficient (Wildman–Crippen LogP) is 0.226. The van der Waals surface area contributed by atoms with Crippen molar-refractivity contribution < 1.29 is 14.3 Å². The fourth-order valence-corrected chi connectivity index (χ4v) is 2.20. The lowest BCUT2D eigenvalue weighted by molar-refractivity contribution is -0.133. The number of methoxy groups -OCH3 is 1. The molecule has 0 radical (unpaired) electrons. The molecule has 1 aliphatic heterocycles. The molecule has 0 N–H and O–H groups in total. The van der Waals surface area contributed by atoms with Crippen LogP contribution in [-0.4, -0.2) is 67.8 Å². The Morgan fingerprint density at radius 3 is 2.81 bits per heavy atom. The van der Waals surface area contributed by atoms with Gasteiger partial charge in [0.25, 0.3) is 0 Å². The third kappa shape index (κ3) is 4.37. The Balaban J connectivity index is 2.01. The Morgan fingerprint density at radius 1 is 1.43 bits per heavy atom. The van der Waals surface area contributed by atoms with Gasteiger partial charge in [-0.1, -0.05) is 0 Å². The van der Waals surface area contributed by atoms with Crippen molar-refractivity contribution in [3.8, 4) is 0 Å². The second kappa shape index (κ2) is 7.33. The lowest BCUT2D eigenvalue weighted by atomic mass is 10.3. The van der Waals surface area contributed by atoms with Crippen molar-refractivity contribution in [2.45, 2.75) is 13.5 Å². The lowest BCUT2D eigenvalue weighted by Crippen LogP contribution is -2.45. The van der Waals surface area contributed by atoms with Gasteiger partial charge in [0.05, 0.1) is 19.8 Å². The molecule has 7 heteroatoms. The highest BCUT2D eigenvalue weighted by Crippen LogP contribution is 2.12. The summed E-state index contributed by atoms with van der Waals surface area (Å²) in [7, 11) is 3.47. The van der Waals surface area contributed by atoms with Crippen LogP contribution in [0.3, 0.4) is 0 Å². The molecule has 1 aromatic heterocycles. The first-order chi connectivity index (χ1) is 10.1. The van der Waals surface area contributed by atoms with Crippen molar-refractivity contribution in [2.75, 3.05) is 51.9 Å². The standard InChI is InChI=1S/C14H22N4O3/c1-11-8-13(16-12(15-11)10-20-3)17(2)9-14(19)18-4-6-21-7-5-18/h8H,4-7,9-10H2,1-3H3. The number of aromatic nitrogens is 2. The first-order valence-corrected chi connectivity index (χ1v) is 7.00. The Kier molecular flexibility index (Phi) is 5.46. The van der Waals surface area contributed by atoms with Gasteiger partial charge in [-0.25, -0.2) is 9.97 Å². The van der Waals surface area contributed by atoms with Crippen molar-refractivity contribution in [1.29, 1.82) is 0 Å². The minimum Gasteiger partial charge on any atom is -0.378 e. The fraction of sp³-hybridized carbons (Fsp3) is 0.643. The van der Waals surface area contributed by atoms with Crippen molar-refractivity contribution in [3.05, 3.63) is 17.6 Å². The average molecular weight is 294 g/mol. The zero-order valence-corrected chi connectivity index (χ0v) is 12.8. The highest BCUT2D eigenvalue weighted by atomic mass is 16.5. The van der Waals surface area contributed by atoms with E-state index in [9.17, 15) is 4.79 Å². The Morgan fingerprint density at radius 2 is 2.14 bits per heavy atom. The van der Waals surface area contributed by atoms with E-state index in [1.165, 1.54) is 0 Å². The van der Waals surface area contributed by atoms with Crippen molar-refractivity contribution in [2.24, 2.45) is 0 Å². The van der Waals surface area contributed by atoms with E-state index in [0.29, 0.717) is 45.3 Å². The number of anilines is 1. The quantitative estimate of drug-likeness (QED) is 0.774. The molecule has 1 saturated heterocycles. The molecule has 116 valence electrons. The Labute approximate surface area is 124 Å². The number of carbonyl (C=O) groups excluding carboxylic acids is 1. The number of ether oxygens (including phenoxy) is 2. The minimum atomic E-state index is 0.0883. The van der Waals surface area contributed by atoms with Gasteiger partial charge in [-0.3, -0.25) is 4.79 Å². The molecule has 1 aromatic rings.